The summed E-state index contributed by atoms with van der Waals surface area (Å²) >= 11 is 3.51. The third-order valence-corrected chi connectivity index (χ3v) is 3.51. The molecule has 26 heavy (non-hydrogen) atoms. The van der Waals surface area contributed by atoms with Gasteiger partial charge in [-0.15, -0.1) is 0 Å². The van der Waals surface area contributed by atoms with E-state index in [0.717, 1.165) is 4.47 Å². The Hall–Kier alpha value is -2.70. The predicted molar refractivity (Wildman–Crippen MR) is 106 cm³/mol. The summed E-state index contributed by atoms with van der Waals surface area (Å²) in [5.74, 6) is -2.51. The summed E-state index contributed by atoms with van der Waals surface area (Å²) in [5.41, 5.74) is 9.45. The molecule has 2 aromatic rings. The molecule has 0 radical (unpaired) electrons. The van der Waals surface area contributed by atoms with Gasteiger partial charge in [0.1, 0.15) is 0 Å². The van der Waals surface area contributed by atoms with Crippen molar-refractivity contribution >= 4 is 33.4 Å². The fraction of sp³-hybridized carbons (Fsp3) is 0.100. The summed E-state index contributed by atoms with van der Waals surface area (Å²) < 4.78 is 1.08. The first kappa shape index (κ1) is 21.3. The molecule has 1 atom stereocenters. The van der Waals surface area contributed by atoms with E-state index in [1.807, 2.05) is 37.3 Å². The fourth-order valence-electron chi connectivity index (χ4n) is 2.04. The summed E-state index contributed by atoms with van der Waals surface area (Å²) in [4.78, 5) is 19.1. The van der Waals surface area contributed by atoms with Gasteiger partial charge in [0.25, 0.3) is 0 Å². The Morgan fingerprint density at radius 2 is 1.50 bits per heavy atom. The first-order valence-electron chi connectivity index (χ1n) is 7.72. The van der Waals surface area contributed by atoms with Crippen LogP contribution in [0.15, 0.2) is 77.3 Å². The van der Waals surface area contributed by atoms with Crippen LogP contribution in [0.2, 0.25) is 0 Å². The number of carbonyl (C=O) groups is 2. The summed E-state index contributed by atoms with van der Waals surface area (Å²) in [6, 6.07) is 18.6. The normalized spacial score (nSPS) is 12.2. The highest BCUT2D eigenvalue weighted by Crippen LogP contribution is 2.25. The van der Waals surface area contributed by atoms with E-state index in [9.17, 15) is 9.59 Å². The van der Waals surface area contributed by atoms with Gasteiger partial charge < -0.3 is 15.9 Å². The van der Waals surface area contributed by atoms with Crippen molar-refractivity contribution in [2.24, 2.45) is 5.73 Å². The van der Waals surface area contributed by atoms with Gasteiger partial charge in [0.15, 0.2) is 0 Å². The highest BCUT2D eigenvalue weighted by molar-refractivity contribution is 9.10. The van der Waals surface area contributed by atoms with E-state index in [0.29, 0.717) is 12.2 Å². The number of benzene rings is 2. The van der Waals surface area contributed by atoms with Gasteiger partial charge in [0.2, 0.25) is 0 Å². The van der Waals surface area contributed by atoms with Gasteiger partial charge in [-0.2, -0.15) is 0 Å². The molecule has 0 saturated carbocycles. The largest absolute Gasteiger partial charge is 0.478 e. The maximum absolute atomic E-state index is 9.55. The zero-order valence-corrected chi connectivity index (χ0v) is 15.8. The molecule has 4 N–H and O–H groups in total. The first-order chi connectivity index (χ1) is 12.3. The van der Waals surface area contributed by atoms with Crippen molar-refractivity contribution < 1.29 is 19.8 Å². The molecule has 5 nitrogen and oxygen atoms in total. The van der Waals surface area contributed by atoms with Crippen LogP contribution in [0.25, 0.3) is 5.57 Å². The number of halogens is 1. The van der Waals surface area contributed by atoms with Crippen LogP contribution >= 0.6 is 15.9 Å². The van der Waals surface area contributed by atoms with Crippen LogP contribution in [0, 0.1) is 0 Å². The summed E-state index contributed by atoms with van der Waals surface area (Å²) in [6.45, 7) is 1.99. The van der Waals surface area contributed by atoms with E-state index in [1.165, 1.54) is 16.7 Å². The molecule has 2 aromatic carbocycles. The molecule has 0 aliphatic carbocycles. The molecule has 0 heterocycles. The van der Waals surface area contributed by atoms with Crippen LogP contribution in [-0.2, 0) is 9.59 Å². The van der Waals surface area contributed by atoms with Gasteiger partial charge in [0, 0.05) is 22.7 Å². The molecule has 0 amide bonds. The maximum atomic E-state index is 9.55. The molecular weight excluding hydrogens is 398 g/mol. The Kier molecular flexibility index (Phi) is 9.05. The molecule has 136 valence electrons. The number of aliphatic carboxylic acids is 2. The molecule has 0 aliphatic heterocycles. The van der Waals surface area contributed by atoms with E-state index >= 15 is 0 Å². The second kappa shape index (κ2) is 11.0. The van der Waals surface area contributed by atoms with E-state index in [2.05, 4.69) is 46.3 Å². The minimum absolute atomic E-state index is 0.0270. The Bertz CT molecular complexity index is 782. The number of hydrogen-bond acceptors (Lipinski definition) is 3. The summed E-state index contributed by atoms with van der Waals surface area (Å²) in [5, 5.41) is 15.6. The zero-order valence-electron chi connectivity index (χ0n) is 14.2. The molecule has 0 aliphatic rings. The number of hydrogen-bond donors (Lipinski definition) is 3. The summed E-state index contributed by atoms with van der Waals surface area (Å²) in [6.07, 6.45) is 3.21. The van der Waals surface area contributed by atoms with Gasteiger partial charge in [0.05, 0.1) is 0 Å². The van der Waals surface area contributed by atoms with E-state index in [-0.39, 0.29) is 6.04 Å². The van der Waals surface area contributed by atoms with Gasteiger partial charge in [-0.25, -0.2) is 9.59 Å². The fourth-order valence-corrected chi connectivity index (χ4v) is 2.44. The molecule has 0 aromatic heterocycles. The van der Waals surface area contributed by atoms with Crippen molar-refractivity contribution in [2.75, 3.05) is 0 Å². The number of rotatable bonds is 5. The highest BCUT2D eigenvalue weighted by Gasteiger charge is 2.06. The van der Waals surface area contributed by atoms with Crippen molar-refractivity contribution in [1.29, 1.82) is 0 Å². The van der Waals surface area contributed by atoms with Gasteiger partial charge in [-0.3, -0.25) is 0 Å². The van der Waals surface area contributed by atoms with E-state index < -0.39 is 11.9 Å². The van der Waals surface area contributed by atoms with Crippen molar-refractivity contribution in [1.82, 2.24) is 0 Å². The van der Waals surface area contributed by atoms with Crippen molar-refractivity contribution in [3.8, 4) is 0 Å². The molecule has 6 heteroatoms. The Labute approximate surface area is 160 Å². The third-order valence-electron chi connectivity index (χ3n) is 3.02. The minimum atomic E-state index is -1.26. The lowest BCUT2D eigenvalue weighted by molar-refractivity contribution is -0.134. The average molecular weight is 418 g/mol. The van der Waals surface area contributed by atoms with E-state index in [1.54, 1.807) is 0 Å². The molecule has 0 bridgehead atoms. The molecular formula is C20H20BrNO4. The molecule has 0 saturated heterocycles. The monoisotopic (exact) mass is 417 g/mol. The van der Waals surface area contributed by atoms with Crippen LogP contribution in [0.1, 0.15) is 18.1 Å². The Morgan fingerprint density at radius 3 is 1.96 bits per heavy atom. The lowest BCUT2D eigenvalue weighted by Gasteiger charge is -2.10. The lowest BCUT2D eigenvalue weighted by atomic mass is 9.96. The second-order valence-corrected chi connectivity index (χ2v) is 6.24. The van der Waals surface area contributed by atoms with Crippen LogP contribution in [-0.4, -0.2) is 28.2 Å². The molecule has 0 fully saturated rings. The first-order valence-corrected chi connectivity index (χ1v) is 8.51. The smallest absolute Gasteiger partial charge is 0.328 e. The Morgan fingerprint density at radius 1 is 0.962 bits per heavy atom. The lowest BCUT2D eigenvalue weighted by Crippen LogP contribution is -2.11. The van der Waals surface area contributed by atoms with Gasteiger partial charge >= 0.3 is 11.9 Å². The number of carboxylic acids is 2. The number of nitrogens with two attached hydrogens (primary N) is 1. The zero-order chi connectivity index (χ0) is 19.5. The van der Waals surface area contributed by atoms with Crippen LogP contribution in [0.3, 0.4) is 0 Å². The van der Waals surface area contributed by atoms with Gasteiger partial charge in [-0.1, -0.05) is 64.5 Å². The number of carboxylic acid groups (broad SMARTS) is 2. The van der Waals surface area contributed by atoms with Gasteiger partial charge in [-0.05, 0) is 35.8 Å². The van der Waals surface area contributed by atoms with Crippen molar-refractivity contribution in [3.05, 3.63) is 88.4 Å². The standard InChI is InChI=1S/C16H16BrN.C4H4O4/c1-12(18)10-16(13-6-3-2-4-7-13)14-8-5-9-15(17)11-14;5-3(6)1-2-4(7)8/h2-12H,18H2,1H3;1-2H,(H,5,6)(H,7,8). The predicted octanol–water partition coefficient (Wildman–Crippen LogP) is 3.94. The SMILES string of the molecule is CC(N)C=C(c1ccccc1)c1cccc(Br)c1.O=C(O)C=CC(=O)O. The minimum Gasteiger partial charge on any atom is -0.478 e. The Balaban J connectivity index is 0.000000359. The van der Waals surface area contributed by atoms with E-state index in [4.69, 9.17) is 15.9 Å². The quantitative estimate of drug-likeness (QED) is 0.639. The maximum Gasteiger partial charge on any atom is 0.328 e. The molecule has 0 spiro atoms. The molecule has 1 unspecified atom stereocenters. The van der Waals surface area contributed by atoms with Crippen molar-refractivity contribution in [2.45, 2.75) is 13.0 Å². The third kappa shape index (κ3) is 8.41. The molecule has 2 rings (SSSR count). The van der Waals surface area contributed by atoms with Crippen LogP contribution < -0.4 is 5.73 Å². The summed E-state index contributed by atoms with van der Waals surface area (Å²) in [7, 11) is 0. The van der Waals surface area contributed by atoms with Crippen LogP contribution in [0.4, 0.5) is 0 Å². The highest BCUT2D eigenvalue weighted by atomic mass is 79.9. The van der Waals surface area contributed by atoms with Crippen molar-refractivity contribution in [3.63, 3.8) is 0 Å². The van der Waals surface area contributed by atoms with Crippen LogP contribution in [0.5, 0.6) is 0 Å². The topological polar surface area (TPSA) is 101 Å². The average Bonchev–Trinajstić information content (AvgIpc) is 2.59. The second-order valence-electron chi connectivity index (χ2n) is 5.33.